The summed E-state index contributed by atoms with van der Waals surface area (Å²) in [4.78, 5) is 32.4. The first kappa shape index (κ1) is 19.2. The van der Waals surface area contributed by atoms with E-state index < -0.39 is 17.7 Å². The fraction of sp³-hybridized carbons (Fsp3) is 0.263. The standard InChI is InChI=1S/C19H19N3O6/c1-19(2)27-17(23)13(18(24)28-19)10-20-12-7-5-11(6-8-12)16-21-14(25-3)9-15(22-16)26-4/h5-10,20H,1-4H3. The molecule has 1 aromatic heterocycles. The summed E-state index contributed by atoms with van der Waals surface area (Å²) in [5, 5.41) is 2.87. The SMILES string of the molecule is COc1cc(OC)nc(-c2ccc(NC=C3C(=O)OC(C)(C)OC3=O)cc2)n1. The number of nitrogens with zero attached hydrogens (tertiary/aromatic N) is 2. The number of anilines is 1. The quantitative estimate of drug-likeness (QED) is 0.471. The van der Waals surface area contributed by atoms with Crippen molar-refractivity contribution < 1.29 is 28.5 Å². The van der Waals surface area contributed by atoms with E-state index in [2.05, 4.69) is 15.3 Å². The van der Waals surface area contributed by atoms with Crippen LogP contribution in [0.4, 0.5) is 5.69 Å². The lowest BCUT2D eigenvalue weighted by Gasteiger charge is -2.29. The molecule has 1 N–H and O–H groups in total. The molecule has 2 heterocycles. The molecule has 1 aromatic carbocycles. The zero-order valence-electron chi connectivity index (χ0n) is 15.8. The number of nitrogens with one attached hydrogen (secondary N) is 1. The maximum atomic E-state index is 11.9. The minimum atomic E-state index is -1.27. The van der Waals surface area contributed by atoms with E-state index in [0.29, 0.717) is 23.3 Å². The summed E-state index contributed by atoms with van der Waals surface area (Å²) in [5.41, 5.74) is 1.15. The Kier molecular flexibility index (Phi) is 5.16. The normalized spacial score (nSPS) is 15.4. The number of carbonyl (C=O) groups is 2. The van der Waals surface area contributed by atoms with Gasteiger partial charge in [0.15, 0.2) is 11.4 Å². The molecule has 1 aliphatic heterocycles. The Balaban J connectivity index is 1.77. The van der Waals surface area contributed by atoms with Crippen LogP contribution in [-0.2, 0) is 19.1 Å². The second-order valence-corrected chi connectivity index (χ2v) is 6.23. The zero-order chi connectivity index (χ0) is 20.3. The molecule has 9 nitrogen and oxygen atoms in total. The fourth-order valence-corrected chi connectivity index (χ4v) is 2.39. The Morgan fingerprint density at radius 3 is 2.00 bits per heavy atom. The molecule has 0 saturated carbocycles. The number of rotatable bonds is 5. The number of cyclic esters (lactones) is 2. The molecule has 9 heteroatoms. The third kappa shape index (κ3) is 4.20. The number of ether oxygens (including phenoxy) is 4. The molecular weight excluding hydrogens is 366 g/mol. The van der Waals surface area contributed by atoms with E-state index >= 15 is 0 Å². The van der Waals surface area contributed by atoms with Crippen molar-refractivity contribution in [1.29, 1.82) is 0 Å². The van der Waals surface area contributed by atoms with E-state index in [-0.39, 0.29) is 5.57 Å². The van der Waals surface area contributed by atoms with Gasteiger partial charge < -0.3 is 24.3 Å². The second kappa shape index (κ2) is 7.55. The Bertz CT molecular complexity index is 893. The van der Waals surface area contributed by atoms with Crippen molar-refractivity contribution in [3.63, 3.8) is 0 Å². The highest BCUT2D eigenvalue weighted by Crippen LogP contribution is 2.25. The summed E-state index contributed by atoms with van der Waals surface area (Å²) < 4.78 is 20.4. The van der Waals surface area contributed by atoms with Crippen molar-refractivity contribution in [2.45, 2.75) is 19.6 Å². The lowest BCUT2D eigenvalue weighted by atomic mass is 10.2. The molecule has 0 unspecified atom stereocenters. The highest BCUT2D eigenvalue weighted by atomic mass is 16.7. The van der Waals surface area contributed by atoms with Gasteiger partial charge in [-0.15, -0.1) is 0 Å². The van der Waals surface area contributed by atoms with Crippen LogP contribution < -0.4 is 14.8 Å². The average Bonchev–Trinajstić information content (AvgIpc) is 2.66. The summed E-state index contributed by atoms with van der Waals surface area (Å²) in [6.07, 6.45) is 1.25. The lowest BCUT2D eigenvalue weighted by molar-refractivity contribution is -0.222. The molecule has 0 spiro atoms. The van der Waals surface area contributed by atoms with Crippen LogP contribution >= 0.6 is 0 Å². The third-order valence-corrected chi connectivity index (χ3v) is 3.74. The molecule has 0 radical (unpaired) electrons. The topological polar surface area (TPSA) is 109 Å². The minimum absolute atomic E-state index is 0.218. The van der Waals surface area contributed by atoms with Gasteiger partial charge in [0.05, 0.1) is 20.3 Å². The number of methoxy groups -OCH3 is 2. The molecule has 146 valence electrons. The average molecular weight is 385 g/mol. The van der Waals surface area contributed by atoms with Gasteiger partial charge in [-0.05, 0) is 24.3 Å². The van der Waals surface area contributed by atoms with Gasteiger partial charge in [0.25, 0.3) is 5.79 Å². The molecule has 2 aromatic rings. The van der Waals surface area contributed by atoms with E-state index in [1.54, 1.807) is 30.3 Å². The van der Waals surface area contributed by atoms with Gasteiger partial charge in [0.2, 0.25) is 11.8 Å². The molecule has 1 fully saturated rings. The monoisotopic (exact) mass is 385 g/mol. The molecule has 0 bridgehead atoms. The number of carbonyl (C=O) groups excluding carboxylic acids is 2. The van der Waals surface area contributed by atoms with Crippen molar-refractivity contribution in [3.05, 3.63) is 42.1 Å². The van der Waals surface area contributed by atoms with Crippen LogP contribution in [0.3, 0.4) is 0 Å². The fourth-order valence-electron chi connectivity index (χ4n) is 2.39. The first-order chi connectivity index (χ1) is 13.3. The largest absolute Gasteiger partial charge is 0.481 e. The van der Waals surface area contributed by atoms with Crippen LogP contribution in [-0.4, -0.2) is 41.9 Å². The van der Waals surface area contributed by atoms with E-state index in [9.17, 15) is 9.59 Å². The van der Waals surface area contributed by atoms with Crippen molar-refractivity contribution >= 4 is 17.6 Å². The maximum absolute atomic E-state index is 11.9. The summed E-state index contributed by atoms with van der Waals surface area (Å²) in [7, 11) is 3.02. The van der Waals surface area contributed by atoms with Gasteiger partial charge in [-0.1, -0.05) is 0 Å². The van der Waals surface area contributed by atoms with Crippen LogP contribution in [0.5, 0.6) is 11.8 Å². The summed E-state index contributed by atoms with van der Waals surface area (Å²) in [5.74, 6) is -1.57. The molecule has 1 aliphatic rings. The van der Waals surface area contributed by atoms with Gasteiger partial charge in [0, 0.05) is 31.3 Å². The van der Waals surface area contributed by atoms with Crippen molar-refractivity contribution in [2.75, 3.05) is 19.5 Å². The highest BCUT2D eigenvalue weighted by Gasteiger charge is 2.38. The summed E-state index contributed by atoms with van der Waals surface area (Å²) in [6, 6.07) is 8.61. The predicted molar refractivity (Wildman–Crippen MR) is 98.5 cm³/mol. The number of esters is 2. The lowest BCUT2D eigenvalue weighted by Crippen LogP contribution is -2.42. The van der Waals surface area contributed by atoms with Gasteiger partial charge in [-0.3, -0.25) is 0 Å². The molecule has 0 amide bonds. The van der Waals surface area contributed by atoms with Crippen molar-refractivity contribution in [2.24, 2.45) is 0 Å². The summed E-state index contributed by atoms with van der Waals surface area (Å²) >= 11 is 0. The van der Waals surface area contributed by atoms with E-state index in [1.807, 2.05) is 0 Å². The van der Waals surface area contributed by atoms with Crippen molar-refractivity contribution in [3.8, 4) is 23.1 Å². The van der Waals surface area contributed by atoms with Gasteiger partial charge in [-0.2, -0.15) is 9.97 Å². The Hall–Kier alpha value is -3.62. The summed E-state index contributed by atoms with van der Waals surface area (Å²) in [6.45, 7) is 2.97. The number of benzene rings is 1. The van der Waals surface area contributed by atoms with Crippen LogP contribution in [0.15, 0.2) is 42.1 Å². The maximum Gasteiger partial charge on any atom is 0.350 e. The van der Waals surface area contributed by atoms with Crippen LogP contribution in [0, 0.1) is 0 Å². The second-order valence-electron chi connectivity index (χ2n) is 6.23. The molecule has 3 rings (SSSR count). The molecule has 0 atom stereocenters. The minimum Gasteiger partial charge on any atom is -0.481 e. The van der Waals surface area contributed by atoms with Gasteiger partial charge >= 0.3 is 11.9 Å². The smallest absolute Gasteiger partial charge is 0.350 e. The van der Waals surface area contributed by atoms with Gasteiger partial charge in [0.1, 0.15) is 0 Å². The van der Waals surface area contributed by atoms with Crippen molar-refractivity contribution in [1.82, 2.24) is 9.97 Å². The molecule has 1 saturated heterocycles. The van der Waals surface area contributed by atoms with E-state index in [4.69, 9.17) is 18.9 Å². The molecule has 28 heavy (non-hydrogen) atoms. The number of hydrogen-bond acceptors (Lipinski definition) is 9. The van der Waals surface area contributed by atoms with Crippen LogP contribution in [0.1, 0.15) is 13.8 Å². The molecule has 0 aliphatic carbocycles. The Morgan fingerprint density at radius 2 is 1.50 bits per heavy atom. The zero-order valence-corrected chi connectivity index (χ0v) is 15.8. The first-order valence-electron chi connectivity index (χ1n) is 8.32. The predicted octanol–water partition coefficient (Wildman–Crippen LogP) is 2.29. The molecular formula is C19H19N3O6. The number of aromatic nitrogens is 2. The van der Waals surface area contributed by atoms with E-state index in [0.717, 1.165) is 5.56 Å². The van der Waals surface area contributed by atoms with Crippen LogP contribution in [0.2, 0.25) is 0 Å². The van der Waals surface area contributed by atoms with Gasteiger partial charge in [-0.25, -0.2) is 9.59 Å². The third-order valence-electron chi connectivity index (χ3n) is 3.74. The Labute approximate surface area is 161 Å². The Morgan fingerprint density at radius 1 is 0.964 bits per heavy atom. The van der Waals surface area contributed by atoms with E-state index in [1.165, 1.54) is 34.3 Å². The highest BCUT2D eigenvalue weighted by molar-refractivity contribution is 6.15. The van der Waals surface area contributed by atoms with Crippen LogP contribution in [0.25, 0.3) is 11.4 Å². The number of hydrogen-bond donors (Lipinski definition) is 1. The first-order valence-corrected chi connectivity index (χ1v) is 8.32.